The Bertz CT molecular complexity index is 2830. The number of ether oxygens (including phenoxy) is 4. The van der Waals surface area contributed by atoms with Crippen molar-refractivity contribution in [2.24, 2.45) is 0 Å². The number of imide groups is 2. The molecule has 2 aliphatic heterocycles. The first-order chi connectivity index (χ1) is 29.4. The van der Waals surface area contributed by atoms with Crippen LogP contribution in [0.2, 0.25) is 0 Å². The van der Waals surface area contributed by atoms with Crippen LogP contribution >= 0.6 is 0 Å². The lowest BCUT2D eigenvalue weighted by Crippen LogP contribution is -2.54. The van der Waals surface area contributed by atoms with E-state index in [1.54, 1.807) is 47.6 Å². The van der Waals surface area contributed by atoms with E-state index >= 15 is 0 Å². The van der Waals surface area contributed by atoms with Crippen molar-refractivity contribution in [3.63, 3.8) is 0 Å². The lowest BCUT2D eigenvalue weighted by Gasteiger charge is -2.34. The molecule has 1 unspecified atom stereocenters. The van der Waals surface area contributed by atoms with Crippen molar-refractivity contribution in [3.8, 4) is 40.3 Å². The number of hydrogen-bond donors (Lipinski definition) is 1. The Hall–Kier alpha value is -7.60. The van der Waals surface area contributed by atoms with E-state index in [0.717, 1.165) is 37.8 Å². The standard InChI is InChI=1S/C46H38N6O9/c1-46(2,3)61-45(57)51-37-16-17-47-25-36(37)33-11-6-26(19-39(33)51)27-7-15-41(49-23-27)60-32-20-31(21-32)59-30-9-8-28(48-24-30)5-4-18-58-29-10-12-34-35(22-29)44(56)52(43(34)55)38-13-14-40(53)50-42(38)54/h6-12,15-17,19,22-25,31-32,38H,13-14,18,20-21H2,1-3H3,(H,50,53,54). The van der Waals surface area contributed by atoms with Crippen molar-refractivity contribution >= 4 is 51.5 Å². The lowest BCUT2D eigenvalue weighted by atomic mass is 9.92. The largest absolute Gasteiger partial charge is 0.489 e. The molecule has 1 saturated carbocycles. The zero-order valence-corrected chi connectivity index (χ0v) is 33.3. The number of carbonyl (C=O) groups excluding carboxylic acids is 5. The number of aromatic nitrogens is 4. The van der Waals surface area contributed by atoms with Gasteiger partial charge in [0, 0.05) is 60.3 Å². The minimum atomic E-state index is -1.04. The third kappa shape index (κ3) is 7.83. The van der Waals surface area contributed by atoms with Crippen LogP contribution in [0.5, 0.6) is 17.4 Å². The van der Waals surface area contributed by atoms with E-state index in [0.29, 0.717) is 35.9 Å². The quantitative estimate of drug-likeness (QED) is 0.135. The Morgan fingerprint density at radius 3 is 2.34 bits per heavy atom. The number of benzene rings is 2. The van der Waals surface area contributed by atoms with Gasteiger partial charge in [0.15, 0.2) is 0 Å². The number of nitrogens with one attached hydrogen (secondary N) is 1. The zero-order valence-electron chi connectivity index (χ0n) is 33.3. The van der Waals surface area contributed by atoms with Crippen LogP contribution in [0.3, 0.4) is 0 Å². The van der Waals surface area contributed by atoms with Gasteiger partial charge in [-0.1, -0.05) is 18.1 Å². The summed E-state index contributed by atoms with van der Waals surface area (Å²) in [6.45, 7) is 5.52. The van der Waals surface area contributed by atoms with E-state index in [1.807, 2.05) is 57.2 Å². The Kier molecular flexibility index (Phi) is 9.90. The Balaban J connectivity index is 0.753. The minimum absolute atomic E-state index is 0.00524. The number of amides is 4. The number of carbonyl (C=O) groups is 5. The van der Waals surface area contributed by atoms with Crippen LogP contribution in [-0.2, 0) is 14.3 Å². The Morgan fingerprint density at radius 1 is 0.803 bits per heavy atom. The molecule has 1 N–H and O–H groups in total. The van der Waals surface area contributed by atoms with Gasteiger partial charge in [0.2, 0.25) is 17.7 Å². The molecule has 3 aliphatic rings. The van der Waals surface area contributed by atoms with Gasteiger partial charge in [0.25, 0.3) is 11.8 Å². The normalized spacial score (nSPS) is 18.5. The summed E-state index contributed by atoms with van der Waals surface area (Å²) >= 11 is 0. The third-order valence-corrected chi connectivity index (χ3v) is 10.5. The lowest BCUT2D eigenvalue weighted by molar-refractivity contribution is -0.136. The molecule has 15 heteroatoms. The number of pyridine rings is 3. The molecule has 0 bridgehead atoms. The highest BCUT2D eigenvalue weighted by Crippen LogP contribution is 2.35. The van der Waals surface area contributed by atoms with Crippen LogP contribution in [0.25, 0.3) is 32.9 Å². The fourth-order valence-corrected chi connectivity index (χ4v) is 7.55. The van der Waals surface area contributed by atoms with Crippen molar-refractivity contribution in [2.75, 3.05) is 6.61 Å². The highest BCUT2D eigenvalue weighted by molar-refractivity contribution is 6.23. The highest BCUT2D eigenvalue weighted by atomic mass is 16.6. The molecule has 61 heavy (non-hydrogen) atoms. The predicted octanol–water partition coefficient (Wildman–Crippen LogP) is 6.25. The molecule has 2 fully saturated rings. The second kappa shape index (κ2) is 15.5. The van der Waals surface area contributed by atoms with E-state index in [-0.39, 0.29) is 42.8 Å². The van der Waals surface area contributed by atoms with Crippen LogP contribution in [-0.4, -0.2) is 84.6 Å². The molecule has 1 saturated heterocycles. The van der Waals surface area contributed by atoms with Gasteiger partial charge in [0.1, 0.15) is 47.7 Å². The van der Waals surface area contributed by atoms with E-state index in [9.17, 15) is 24.0 Å². The monoisotopic (exact) mass is 818 g/mol. The first kappa shape index (κ1) is 38.9. The fraction of sp³-hybridized carbons (Fsp3) is 0.261. The van der Waals surface area contributed by atoms with Gasteiger partial charge < -0.3 is 18.9 Å². The number of nitrogens with zero attached hydrogens (tertiary/aromatic N) is 5. The van der Waals surface area contributed by atoms with Gasteiger partial charge in [-0.25, -0.2) is 19.3 Å². The fourth-order valence-electron chi connectivity index (χ4n) is 7.55. The zero-order chi connectivity index (χ0) is 42.4. The van der Waals surface area contributed by atoms with E-state index in [4.69, 9.17) is 18.9 Å². The molecule has 1 atom stereocenters. The molecule has 2 aromatic carbocycles. The van der Waals surface area contributed by atoms with Crippen molar-refractivity contribution in [2.45, 2.75) is 70.3 Å². The smallest absolute Gasteiger partial charge is 0.419 e. The summed E-state index contributed by atoms with van der Waals surface area (Å²) in [7, 11) is 0. The van der Waals surface area contributed by atoms with Crippen molar-refractivity contribution in [1.82, 2.24) is 29.7 Å². The summed E-state index contributed by atoms with van der Waals surface area (Å²) in [5.41, 5.74) is 3.35. The summed E-state index contributed by atoms with van der Waals surface area (Å²) in [5.74, 6) is 4.98. The minimum Gasteiger partial charge on any atom is -0.489 e. The van der Waals surface area contributed by atoms with Crippen LogP contribution in [0.4, 0.5) is 4.79 Å². The summed E-state index contributed by atoms with van der Waals surface area (Å²) in [5, 5.41) is 3.94. The summed E-state index contributed by atoms with van der Waals surface area (Å²) < 4.78 is 25.3. The van der Waals surface area contributed by atoms with Gasteiger partial charge in [0.05, 0.1) is 28.4 Å². The molecule has 0 spiro atoms. The van der Waals surface area contributed by atoms with Crippen LogP contribution in [0, 0.1) is 11.8 Å². The maximum Gasteiger partial charge on any atom is 0.419 e. The van der Waals surface area contributed by atoms with Crippen molar-refractivity contribution < 1.29 is 42.9 Å². The molecule has 4 amide bonds. The third-order valence-electron chi connectivity index (χ3n) is 10.5. The molecule has 6 heterocycles. The molecule has 9 rings (SSSR count). The van der Waals surface area contributed by atoms with Gasteiger partial charge in [-0.2, -0.15) is 0 Å². The first-order valence-electron chi connectivity index (χ1n) is 19.7. The van der Waals surface area contributed by atoms with Gasteiger partial charge in [-0.15, -0.1) is 0 Å². The first-order valence-corrected chi connectivity index (χ1v) is 19.7. The Morgan fingerprint density at radius 2 is 1.59 bits per heavy atom. The number of fused-ring (bicyclic) bond motifs is 4. The summed E-state index contributed by atoms with van der Waals surface area (Å²) in [6.07, 6.45) is 7.72. The molecular weight excluding hydrogens is 781 g/mol. The molecule has 306 valence electrons. The summed E-state index contributed by atoms with van der Waals surface area (Å²) in [6, 6.07) is 18.5. The SMILES string of the molecule is CC(C)(C)OC(=O)n1c2ccncc2c2ccc(-c3ccc(OC4CC(Oc5ccc(C#CCOc6ccc7c(c6)C(=O)N(C6CCC(=O)NC6=O)C7=O)nc5)C4)nc3)cc21. The predicted molar refractivity (Wildman–Crippen MR) is 220 cm³/mol. The topological polar surface area (TPSA) is 181 Å². The number of piperidine rings is 1. The molecular formula is C46H38N6O9. The maximum atomic E-state index is 13.3. The molecule has 4 aromatic heterocycles. The molecule has 15 nitrogen and oxygen atoms in total. The van der Waals surface area contributed by atoms with Gasteiger partial charge in [-0.3, -0.25) is 34.4 Å². The second-order valence-electron chi connectivity index (χ2n) is 15.9. The van der Waals surface area contributed by atoms with Gasteiger partial charge >= 0.3 is 6.09 Å². The average Bonchev–Trinajstić information content (AvgIpc) is 3.68. The van der Waals surface area contributed by atoms with Crippen LogP contribution in [0.15, 0.2) is 91.5 Å². The molecule has 6 aromatic rings. The van der Waals surface area contributed by atoms with E-state index in [1.165, 1.54) is 12.1 Å². The van der Waals surface area contributed by atoms with Crippen molar-refractivity contribution in [3.05, 3.63) is 108 Å². The molecule has 1 aliphatic carbocycles. The molecule has 0 radical (unpaired) electrons. The number of rotatable bonds is 8. The maximum absolute atomic E-state index is 13.3. The van der Waals surface area contributed by atoms with Gasteiger partial charge in [-0.05, 0) is 87.2 Å². The van der Waals surface area contributed by atoms with Crippen LogP contribution in [0.1, 0.15) is 72.9 Å². The highest BCUT2D eigenvalue weighted by Gasteiger charge is 2.44. The number of hydrogen-bond acceptors (Lipinski definition) is 12. The second-order valence-corrected chi connectivity index (χ2v) is 15.9. The Labute approximate surface area is 349 Å². The van der Waals surface area contributed by atoms with E-state index < -0.39 is 41.4 Å². The van der Waals surface area contributed by atoms with E-state index in [2.05, 4.69) is 32.1 Å². The van der Waals surface area contributed by atoms with Crippen LogP contribution < -0.4 is 19.5 Å². The van der Waals surface area contributed by atoms with Crippen molar-refractivity contribution in [1.29, 1.82) is 0 Å². The summed E-state index contributed by atoms with van der Waals surface area (Å²) in [4.78, 5) is 77.3. The average molecular weight is 819 g/mol.